The number of hydrogen-bond acceptors (Lipinski definition) is 5. The number of fused-ring (bicyclic) bond motifs is 1. The predicted octanol–water partition coefficient (Wildman–Crippen LogP) is 7.13. The Morgan fingerprint density at radius 2 is 1.76 bits per heavy atom. The molecule has 0 radical (unpaired) electrons. The molecule has 0 saturated carbocycles. The third-order valence-corrected chi connectivity index (χ3v) is 7.34. The first kappa shape index (κ1) is 24.8. The molecule has 7 heteroatoms. The van der Waals surface area contributed by atoms with Crippen LogP contribution in [-0.2, 0) is 6.42 Å². The van der Waals surface area contributed by atoms with Crippen molar-refractivity contribution in [2.45, 2.75) is 44.0 Å². The Labute approximate surface area is 221 Å². The number of H-pyrrole nitrogens is 1. The number of ketones is 1. The number of para-hydroxylation sites is 1. The van der Waals surface area contributed by atoms with E-state index < -0.39 is 0 Å². The summed E-state index contributed by atoms with van der Waals surface area (Å²) < 4.78 is 7.66. The molecule has 1 atom stereocenters. The molecule has 0 aliphatic carbocycles. The van der Waals surface area contributed by atoms with E-state index in [1.807, 2.05) is 91.3 Å². The number of rotatable bonds is 10. The van der Waals surface area contributed by atoms with Gasteiger partial charge < -0.3 is 9.72 Å². The third-order valence-electron chi connectivity index (χ3n) is 6.30. The molecule has 1 unspecified atom stereocenters. The lowest BCUT2D eigenvalue weighted by Gasteiger charge is -2.14. The van der Waals surface area contributed by atoms with Gasteiger partial charge in [0.25, 0.3) is 0 Å². The predicted molar refractivity (Wildman–Crippen MR) is 150 cm³/mol. The Morgan fingerprint density at radius 3 is 2.49 bits per heavy atom. The van der Waals surface area contributed by atoms with E-state index in [0.717, 1.165) is 40.7 Å². The SMILES string of the molecule is CCCc1ccc(C(=O)C(C)Sc2nnc(-c3c[nH]c4ccccc34)n2-c2ccc(OCC)cc2)cc1. The number of nitrogens with one attached hydrogen (secondary N) is 1. The zero-order valence-corrected chi connectivity index (χ0v) is 22.1. The Morgan fingerprint density at radius 1 is 1.00 bits per heavy atom. The summed E-state index contributed by atoms with van der Waals surface area (Å²) in [4.78, 5) is 16.6. The number of ether oxygens (including phenoxy) is 1. The molecular formula is C30H30N4O2S. The van der Waals surface area contributed by atoms with Crippen LogP contribution in [0.1, 0.15) is 43.1 Å². The molecule has 3 aromatic carbocycles. The van der Waals surface area contributed by atoms with E-state index in [1.54, 1.807) is 0 Å². The summed E-state index contributed by atoms with van der Waals surface area (Å²) >= 11 is 1.42. The van der Waals surface area contributed by atoms with E-state index in [1.165, 1.54) is 17.3 Å². The van der Waals surface area contributed by atoms with Gasteiger partial charge >= 0.3 is 0 Å². The van der Waals surface area contributed by atoms with Gasteiger partial charge in [0.1, 0.15) is 5.75 Å². The number of carbonyl (C=O) groups excluding carboxylic acids is 1. The lowest BCUT2D eigenvalue weighted by atomic mass is 10.0. The number of aromatic amines is 1. The van der Waals surface area contributed by atoms with Crippen molar-refractivity contribution >= 4 is 28.4 Å². The first-order chi connectivity index (χ1) is 18.1. The van der Waals surface area contributed by atoms with Gasteiger partial charge in [0.05, 0.1) is 11.9 Å². The smallest absolute Gasteiger partial charge is 0.196 e. The second-order valence-electron chi connectivity index (χ2n) is 8.89. The minimum absolute atomic E-state index is 0.0722. The maximum Gasteiger partial charge on any atom is 0.196 e. The van der Waals surface area contributed by atoms with Crippen LogP contribution in [0.25, 0.3) is 28.0 Å². The van der Waals surface area contributed by atoms with Gasteiger partial charge in [-0.05, 0) is 56.2 Å². The standard InChI is InChI=1S/C30H30N4O2S/c1-4-8-21-11-13-22(14-12-21)28(35)20(3)37-30-33-32-29(26-19-31-27-10-7-6-9-25(26)27)34(30)23-15-17-24(18-16-23)36-5-2/h6-7,9-20,31H,4-5,8H2,1-3H3. The maximum atomic E-state index is 13.3. The summed E-state index contributed by atoms with van der Waals surface area (Å²) in [6.07, 6.45) is 4.06. The zero-order chi connectivity index (χ0) is 25.8. The quantitative estimate of drug-likeness (QED) is 0.160. The maximum absolute atomic E-state index is 13.3. The number of nitrogens with zero attached hydrogens (tertiary/aromatic N) is 3. The highest BCUT2D eigenvalue weighted by molar-refractivity contribution is 8.00. The van der Waals surface area contributed by atoms with Crippen LogP contribution in [0.3, 0.4) is 0 Å². The van der Waals surface area contributed by atoms with E-state index in [9.17, 15) is 4.79 Å². The molecule has 188 valence electrons. The molecule has 0 amide bonds. The topological polar surface area (TPSA) is 72.8 Å². The molecule has 2 aromatic heterocycles. The van der Waals surface area contributed by atoms with Crippen molar-refractivity contribution in [1.29, 1.82) is 0 Å². The second-order valence-corrected chi connectivity index (χ2v) is 10.2. The Hall–Kier alpha value is -3.84. The molecule has 2 heterocycles. The summed E-state index contributed by atoms with van der Waals surface area (Å²) in [6, 6.07) is 24.0. The van der Waals surface area contributed by atoms with Crippen LogP contribution in [-0.4, -0.2) is 37.4 Å². The summed E-state index contributed by atoms with van der Waals surface area (Å²) in [7, 11) is 0. The molecule has 1 N–H and O–H groups in total. The van der Waals surface area contributed by atoms with Crippen LogP contribution in [0.4, 0.5) is 0 Å². The first-order valence-electron chi connectivity index (χ1n) is 12.6. The van der Waals surface area contributed by atoms with Crippen LogP contribution >= 0.6 is 11.8 Å². The van der Waals surface area contributed by atoms with Crippen molar-refractivity contribution in [2.24, 2.45) is 0 Å². The fourth-order valence-corrected chi connectivity index (χ4v) is 5.38. The number of aromatic nitrogens is 4. The van der Waals surface area contributed by atoms with E-state index >= 15 is 0 Å². The summed E-state index contributed by atoms with van der Waals surface area (Å²) in [6.45, 7) is 6.65. The van der Waals surface area contributed by atoms with E-state index in [2.05, 4.69) is 28.2 Å². The highest BCUT2D eigenvalue weighted by atomic mass is 32.2. The third kappa shape index (κ3) is 5.18. The van der Waals surface area contributed by atoms with Gasteiger partial charge in [-0.15, -0.1) is 10.2 Å². The molecule has 0 spiro atoms. The highest BCUT2D eigenvalue weighted by Gasteiger charge is 2.24. The van der Waals surface area contributed by atoms with Crippen LogP contribution in [0, 0.1) is 0 Å². The Balaban J connectivity index is 1.51. The van der Waals surface area contributed by atoms with Crippen molar-refractivity contribution in [3.63, 3.8) is 0 Å². The number of carbonyl (C=O) groups is 1. The lowest BCUT2D eigenvalue weighted by molar-refractivity contribution is 0.0994. The molecule has 0 bridgehead atoms. The molecule has 5 rings (SSSR count). The van der Waals surface area contributed by atoms with Gasteiger partial charge in [-0.3, -0.25) is 9.36 Å². The van der Waals surface area contributed by atoms with Crippen molar-refractivity contribution in [1.82, 2.24) is 19.7 Å². The number of Topliss-reactive ketones (excluding diaryl/α,β-unsaturated/α-hetero) is 1. The van der Waals surface area contributed by atoms with E-state index in [-0.39, 0.29) is 11.0 Å². The van der Waals surface area contributed by atoms with Gasteiger partial charge in [0.15, 0.2) is 16.8 Å². The number of benzene rings is 3. The number of thioether (sulfide) groups is 1. The van der Waals surface area contributed by atoms with E-state index in [4.69, 9.17) is 4.74 Å². The minimum atomic E-state index is -0.335. The number of aryl methyl sites for hydroxylation is 1. The van der Waals surface area contributed by atoms with Gasteiger partial charge in [-0.2, -0.15) is 0 Å². The molecule has 37 heavy (non-hydrogen) atoms. The Kier molecular flexibility index (Phi) is 7.42. The second kappa shape index (κ2) is 11.0. The monoisotopic (exact) mass is 510 g/mol. The molecule has 0 saturated heterocycles. The highest BCUT2D eigenvalue weighted by Crippen LogP contribution is 2.34. The zero-order valence-electron chi connectivity index (χ0n) is 21.3. The molecule has 0 aliphatic heterocycles. The molecule has 0 aliphatic rings. The largest absolute Gasteiger partial charge is 0.494 e. The van der Waals surface area contributed by atoms with Crippen molar-refractivity contribution in [3.05, 3.63) is 90.1 Å². The van der Waals surface area contributed by atoms with Gasteiger partial charge in [-0.1, -0.05) is 67.6 Å². The van der Waals surface area contributed by atoms with Crippen LogP contribution in [0.2, 0.25) is 0 Å². The van der Waals surface area contributed by atoms with Crippen molar-refractivity contribution < 1.29 is 9.53 Å². The lowest BCUT2D eigenvalue weighted by Crippen LogP contribution is -2.14. The average molecular weight is 511 g/mol. The normalized spacial score (nSPS) is 12.1. The molecular weight excluding hydrogens is 480 g/mol. The number of hydrogen-bond donors (Lipinski definition) is 1. The summed E-state index contributed by atoms with van der Waals surface area (Å²) in [5, 5.41) is 10.5. The molecule has 0 fully saturated rings. The van der Waals surface area contributed by atoms with Crippen LogP contribution < -0.4 is 4.74 Å². The fourth-order valence-electron chi connectivity index (χ4n) is 4.44. The van der Waals surface area contributed by atoms with Gasteiger partial charge in [0, 0.05) is 33.9 Å². The first-order valence-corrected chi connectivity index (χ1v) is 13.5. The fraction of sp³-hybridized carbons (Fsp3) is 0.233. The van der Waals surface area contributed by atoms with Gasteiger partial charge in [-0.25, -0.2) is 0 Å². The van der Waals surface area contributed by atoms with Crippen LogP contribution in [0.15, 0.2) is 84.1 Å². The van der Waals surface area contributed by atoms with Crippen molar-refractivity contribution in [3.8, 4) is 22.8 Å². The molecule has 6 nitrogen and oxygen atoms in total. The summed E-state index contributed by atoms with van der Waals surface area (Å²) in [5.41, 5.74) is 4.85. The van der Waals surface area contributed by atoms with E-state index in [0.29, 0.717) is 23.2 Å². The average Bonchev–Trinajstić information content (AvgIpc) is 3.53. The van der Waals surface area contributed by atoms with Crippen molar-refractivity contribution in [2.75, 3.05) is 6.61 Å². The minimum Gasteiger partial charge on any atom is -0.494 e. The van der Waals surface area contributed by atoms with Crippen LogP contribution in [0.5, 0.6) is 5.75 Å². The molecule has 5 aromatic rings. The Bertz CT molecular complexity index is 1500. The van der Waals surface area contributed by atoms with Gasteiger partial charge in [0.2, 0.25) is 0 Å². The summed E-state index contributed by atoms with van der Waals surface area (Å²) in [5.74, 6) is 1.59.